The predicted molar refractivity (Wildman–Crippen MR) is 88.1 cm³/mol. The van der Waals surface area contributed by atoms with Crippen LogP contribution in [0.25, 0.3) is 11.3 Å². The molecule has 2 N–H and O–H groups in total. The van der Waals surface area contributed by atoms with Gasteiger partial charge in [0.05, 0.1) is 16.9 Å². The summed E-state index contributed by atoms with van der Waals surface area (Å²) in [4.78, 5) is 12.3. The number of amides is 1. The monoisotopic (exact) mass is 322 g/mol. The fraction of sp³-hybridized carbons (Fsp3) is 0. The Morgan fingerprint density at radius 3 is 2.78 bits per heavy atom. The molecule has 23 heavy (non-hydrogen) atoms. The summed E-state index contributed by atoms with van der Waals surface area (Å²) in [6.45, 7) is 0. The van der Waals surface area contributed by atoms with Gasteiger partial charge in [-0.3, -0.25) is 9.89 Å². The van der Waals surface area contributed by atoms with Gasteiger partial charge in [-0.05, 0) is 30.3 Å². The molecule has 1 aromatic heterocycles. The van der Waals surface area contributed by atoms with E-state index in [9.17, 15) is 4.79 Å². The maximum absolute atomic E-state index is 12.3. The van der Waals surface area contributed by atoms with Crippen LogP contribution in [0, 0.1) is 11.3 Å². The van der Waals surface area contributed by atoms with Gasteiger partial charge in [-0.15, -0.1) is 0 Å². The highest BCUT2D eigenvalue weighted by molar-refractivity contribution is 6.30. The summed E-state index contributed by atoms with van der Waals surface area (Å²) in [6, 6.07) is 17.7. The summed E-state index contributed by atoms with van der Waals surface area (Å²) in [5.41, 5.74) is 2.58. The molecule has 3 aromatic rings. The number of anilines is 1. The Balaban J connectivity index is 1.83. The minimum Gasteiger partial charge on any atom is -0.319 e. The van der Waals surface area contributed by atoms with Crippen LogP contribution in [0.4, 0.5) is 5.69 Å². The van der Waals surface area contributed by atoms with Gasteiger partial charge in [0.1, 0.15) is 11.8 Å². The Morgan fingerprint density at radius 2 is 2.00 bits per heavy atom. The number of nitrogens with zero attached hydrogens (tertiary/aromatic N) is 2. The van der Waals surface area contributed by atoms with E-state index in [0.717, 1.165) is 5.56 Å². The minimum atomic E-state index is -0.367. The molecule has 0 saturated carbocycles. The highest BCUT2D eigenvalue weighted by Gasteiger charge is 2.13. The van der Waals surface area contributed by atoms with Crippen LogP contribution in [-0.4, -0.2) is 16.1 Å². The zero-order valence-corrected chi connectivity index (χ0v) is 12.6. The van der Waals surface area contributed by atoms with Gasteiger partial charge in [0.15, 0.2) is 0 Å². The molecule has 1 heterocycles. The summed E-state index contributed by atoms with van der Waals surface area (Å²) < 4.78 is 0. The van der Waals surface area contributed by atoms with E-state index in [-0.39, 0.29) is 5.91 Å². The van der Waals surface area contributed by atoms with Gasteiger partial charge in [0.25, 0.3) is 5.91 Å². The number of carbonyl (C=O) groups is 1. The number of hydrogen-bond donors (Lipinski definition) is 2. The smallest absolute Gasteiger partial charge is 0.273 e. The molecule has 0 saturated heterocycles. The number of benzene rings is 2. The van der Waals surface area contributed by atoms with Crippen LogP contribution in [0.15, 0.2) is 54.6 Å². The molecule has 0 fully saturated rings. The van der Waals surface area contributed by atoms with Gasteiger partial charge in [-0.25, -0.2) is 0 Å². The van der Waals surface area contributed by atoms with Crippen molar-refractivity contribution >= 4 is 23.2 Å². The van der Waals surface area contributed by atoms with E-state index in [1.807, 2.05) is 18.2 Å². The van der Waals surface area contributed by atoms with E-state index < -0.39 is 0 Å². The Bertz CT molecular complexity index is 911. The molecule has 3 rings (SSSR count). The molecule has 0 spiro atoms. The van der Waals surface area contributed by atoms with E-state index >= 15 is 0 Å². The normalized spacial score (nSPS) is 10.1. The van der Waals surface area contributed by atoms with Crippen LogP contribution in [-0.2, 0) is 0 Å². The molecule has 0 aliphatic rings. The number of nitriles is 1. The van der Waals surface area contributed by atoms with Gasteiger partial charge < -0.3 is 5.32 Å². The summed E-state index contributed by atoms with van der Waals surface area (Å²) in [7, 11) is 0. The van der Waals surface area contributed by atoms with Crippen LogP contribution in [0.2, 0.25) is 5.02 Å². The SMILES string of the molecule is N#Cc1ccccc1NC(=O)c1cc(-c2cccc(Cl)c2)n[nH]1. The molecule has 0 aliphatic carbocycles. The second-order valence-corrected chi connectivity index (χ2v) is 5.23. The first-order valence-electron chi connectivity index (χ1n) is 6.79. The molecule has 0 radical (unpaired) electrons. The predicted octanol–water partition coefficient (Wildman–Crippen LogP) is 3.85. The molecule has 0 atom stereocenters. The average molecular weight is 323 g/mol. The molecule has 0 bridgehead atoms. The highest BCUT2D eigenvalue weighted by atomic mass is 35.5. The van der Waals surface area contributed by atoms with Crippen molar-refractivity contribution in [2.45, 2.75) is 0 Å². The third kappa shape index (κ3) is 3.23. The van der Waals surface area contributed by atoms with Crippen molar-refractivity contribution in [2.75, 3.05) is 5.32 Å². The first-order chi connectivity index (χ1) is 11.2. The molecule has 2 aromatic carbocycles. The van der Waals surface area contributed by atoms with E-state index in [0.29, 0.717) is 27.7 Å². The van der Waals surface area contributed by atoms with E-state index in [2.05, 4.69) is 15.5 Å². The summed E-state index contributed by atoms with van der Waals surface area (Å²) in [5, 5.41) is 19.2. The fourth-order valence-corrected chi connectivity index (χ4v) is 2.30. The third-order valence-corrected chi connectivity index (χ3v) is 3.47. The van der Waals surface area contributed by atoms with Crippen molar-refractivity contribution in [1.82, 2.24) is 10.2 Å². The van der Waals surface area contributed by atoms with Crippen LogP contribution >= 0.6 is 11.6 Å². The molecule has 0 aliphatic heterocycles. The number of H-pyrrole nitrogens is 1. The lowest BCUT2D eigenvalue weighted by atomic mass is 10.1. The van der Waals surface area contributed by atoms with E-state index in [1.165, 1.54) is 0 Å². The summed E-state index contributed by atoms with van der Waals surface area (Å²) in [5.74, 6) is -0.367. The standard InChI is InChI=1S/C17H11ClN4O/c18-13-6-3-5-11(8-13)15-9-16(22-21-15)17(23)20-14-7-2-1-4-12(14)10-19/h1-9H,(H,20,23)(H,21,22). The minimum absolute atomic E-state index is 0.299. The first kappa shape index (κ1) is 14.8. The van der Waals surface area contributed by atoms with Crippen molar-refractivity contribution in [3.8, 4) is 17.3 Å². The number of halogens is 1. The van der Waals surface area contributed by atoms with Gasteiger partial charge in [0.2, 0.25) is 0 Å². The Labute approximate surface area is 137 Å². The molecule has 6 heteroatoms. The van der Waals surface area contributed by atoms with Crippen LogP contribution in [0.5, 0.6) is 0 Å². The second kappa shape index (κ2) is 6.34. The van der Waals surface area contributed by atoms with Gasteiger partial charge >= 0.3 is 0 Å². The van der Waals surface area contributed by atoms with Crippen LogP contribution in [0.1, 0.15) is 16.1 Å². The summed E-state index contributed by atoms with van der Waals surface area (Å²) >= 11 is 5.96. The number of hydrogen-bond acceptors (Lipinski definition) is 3. The zero-order valence-electron chi connectivity index (χ0n) is 11.9. The van der Waals surface area contributed by atoms with Crippen molar-refractivity contribution in [3.63, 3.8) is 0 Å². The Hall–Kier alpha value is -3.10. The lowest BCUT2D eigenvalue weighted by molar-refractivity contribution is 0.102. The molecule has 0 unspecified atom stereocenters. The number of aromatic amines is 1. The third-order valence-electron chi connectivity index (χ3n) is 3.24. The van der Waals surface area contributed by atoms with E-state index in [1.54, 1.807) is 42.5 Å². The van der Waals surface area contributed by atoms with Crippen LogP contribution < -0.4 is 5.32 Å². The number of aromatic nitrogens is 2. The average Bonchev–Trinajstić information content (AvgIpc) is 3.05. The van der Waals surface area contributed by atoms with Gasteiger partial charge in [-0.2, -0.15) is 10.4 Å². The maximum Gasteiger partial charge on any atom is 0.273 e. The lowest BCUT2D eigenvalue weighted by Crippen LogP contribution is -2.13. The zero-order chi connectivity index (χ0) is 16.2. The number of carbonyl (C=O) groups excluding carboxylic acids is 1. The highest BCUT2D eigenvalue weighted by Crippen LogP contribution is 2.22. The fourth-order valence-electron chi connectivity index (χ4n) is 2.11. The lowest BCUT2D eigenvalue weighted by Gasteiger charge is -2.04. The largest absolute Gasteiger partial charge is 0.319 e. The number of rotatable bonds is 3. The van der Waals surface area contributed by atoms with Gasteiger partial charge in [-0.1, -0.05) is 35.9 Å². The Kier molecular flexibility index (Phi) is 4.09. The maximum atomic E-state index is 12.3. The second-order valence-electron chi connectivity index (χ2n) is 4.79. The molecular weight excluding hydrogens is 312 g/mol. The molecule has 112 valence electrons. The summed E-state index contributed by atoms with van der Waals surface area (Å²) in [6.07, 6.45) is 0. The molecule has 5 nitrogen and oxygen atoms in total. The molecule has 1 amide bonds. The van der Waals surface area contributed by atoms with Crippen molar-refractivity contribution in [2.24, 2.45) is 0 Å². The topological polar surface area (TPSA) is 81.6 Å². The quantitative estimate of drug-likeness (QED) is 0.768. The Morgan fingerprint density at radius 1 is 1.17 bits per heavy atom. The van der Waals surface area contributed by atoms with Crippen LogP contribution in [0.3, 0.4) is 0 Å². The number of nitrogens with one attached hydrogen (secondary N) is 2. The molecular formula is C17H11ClN4O. The van der Waals surface area contributed by atoms with Gasteiger partial charge in [0, 0.05) is 10.6 Å². The van der Waals surface area contributed by atoms with Crippen molar-refractivity contribution in [1.29, 1.82) is 5.26 Å². The first-order valence-corrected chi connectivity index (χ1v) is 7.17. The van der Waals surface area contributed by atoms with Crippen molar-refractivity contribution in [3.05, 3.63) is 70.9 Å². The van der Waals surface area contributed by atoms with E-state index in [4.69, 9.17) is 16.9 Å². The number of para-hydroxylation sites is 1. The van der Waals surface area contributed by atoms with Crippen molar-refractivity contribution < 1.29 is 4.79 Å².